The Morgan fingerprint density at radius 3 is 1.87 bits per heavy atom. The Kier molecular flexibility index (Phi) is 15.2. The topological polar surface area (TPSA) is 134 Å². The highest BCUT2D eigenvalue weighted by Gasteiger charge is 2.38. The van der Waals surface area contributed by atoms with Gasteiger partial charge in [-0.2, -0.15) is 0 Å². The van der Waals surface area contributed by atoms with Crippen LogP contribution in [0.1, 0.15) is 97.7 Å². The minimum atomic E-state index is -1.37. The Balaban J connectivity index is 2.52. The van der Waals surface area contributed by atoms with Gasteiger partial charge in [-0.25, -0.2) is 9.59 Å². The lowest BCUT2D eigenvalue weighted by atomic mass is 10.00. The minimum absolute atomic E-state index is 0.174. The molecule has 0 fully saturated rings. The molecule has 0 spiro atoms. The van der Waals surface area contributed by atoms with E-state index in [1.54, 1.807) is 71.9 Å². The molecular weight excluding hydrogens is 586 g/mol. The van der Waals surface area contributed by atoms with Gasteiger partial charge < -0.3 is 30.1 Å². The zero-order chi connectivity index (χ0) is 34.3. The summed E-state index contributed by atoms with van der Waals surface area (Å²) >= 11 is 0. The molecule has 3 amide bonds. The van der Waals surface area contributed by atoms with Gasteiger partial charge in [0, 0.05) is 13.0 Å². The number of esters is 1. The lowest BCUT2D eigenvalue weighted by Crippen LogP contribution is -2.56. The number of carbonyl (C=O) groups excluding carboxylic acids is 4. The first-order valence-electron chi connectivity index (χ1n) is 16.2. The number of hydrogen-bond donors (Lipinski definition) is 3. The maximum Gasteiger partial charge on any atom is 0.408 e. The van der Waals surface area contributed by atoms with Crippen LogP contribution in [0.5, 0.6) is 0 Å². The Morgan fingerprint density at radius 1 is 0.761 bits per heavy atom. The van der Waals surface area contributed by atoms with E-state index in [9.17, 15) is 24.3 Å². The van der Waals surface area contributed by atoms with E-state index >= 15 is 0 Å². The Labute approximate surface area is 274 Å². The fraction of sp³-hybridized carbons (Fsp3) is 0.556. The summed E-state index contributed by atoms with van der Waals surface area (Å²) in [7, 11) is 0. The number of alkyl carbamates (subject to hydrolysis) is 1. The Morgan fingerprint density at radius 2 is 1.33 bits per heavy atom. The van der Waals surface area contributed by atoms with Gasteiger partial charge in [-0.05, 0) is 59.1 Å². The molecule has 46 heavy (non-hydrogen) atoms. The number of aliphatic hydroxyl groups is 1. The average Bonchev–Trinajstić information content (AvgIpc) is 2.97. The van der Waals surface area contributed by atoms with Gasteiger partial charge in [0.15, 0.2) is 0 Å². The first-order chi connectivity index (χ1) is 21.6. The van der Waals surface area contributed by atoms with E-state index < -0.39 is 59.8 Å². The highest BCUT2D eigenvalue weighted by atomic mass is 16.6. The second-order valence-electron chi connectivity index (χ2n) is 13.4. The SMILES string of the molecule is CCCCCCCN(C(=O)C(CO)NC(=O)OC(C)(C)C)C(C(=O)NC(Cc1ccccc1)C(=O)OC(C)(C)C)c1ccccc1. The molecule has 0 aromatic heterocycles. The lowest BCUT2D eigenvalue weighted by molar-refractivity contribution is -0.159. The van der Waals surface area contributed by atoms with E-state index in [2.05, 4.69) is 17.6 Å². The van der Waals surface area contributed by atoms with E-state index in [4.69, 9.17) is 9.47 Å². The van der Waals surface area contributed by atoms with E-state index in [1.165, 1.54) is 4.90 Å². The number of unbranched alkanes of at least 4 members (excludes halogenated alkanes) is 4. The van der Waals surface area contributed by atoms with Gasteiger partial charge in [0.2, 0.25) is 11.8 Å². The molecular formula is C36H53N3O7. The molecule has 0 heterocycles. The summed E-state index contributed by atoms with van der Waals surface area (Å²) in [6, 6.07) is 14.5. The summed E-state index contributed by atoms with van der Waals surface area (Å²) in [5.74, 6) is -1.84. The van der Waals surface area contributed by atoms with Crippen LogP contribution in [0.15, 0.2) is 60.7 Å². The van der Waals surface area contributed by atoms with Crippen molar-refractivity contribution < 1.29 is 33.8 Å². The number of hydrogen-bond acceptors (Lipinski definition) is 7. The summed E-state index contributed by atoms with van der Waals surface area (Å²) in [4.78, 5) is 55.9. The molecule has 2 rings (SSSR count). The largest absolute Gasteiger partial charge is 0.458 e. The van der Waals surface area contributed by atoms with Crippen molar-refractivity contribution in [3.8, 4) is 0 Å². The number of nitrogens with one attached hydrogen (secondary N) is 2. The fourth-order valence-electron chi connectivity index (χ4n) is 4.86. The summed E-state index contributed by atoms with van der Waals surface area (Å²) in [5, 5.41) is 15.6. The number of ether oxygens (including phenoxy) is 2. The summed E-state index contributed by atoms with van der Waals surface area (Å²) in [5.41, 5.74) is -0.287. The first-order valence-corrected chi connectivity index (χ1v) is 16.2. The maximum absolute atomic E-state index is 14.3. The van der Waals surface area contributed by atoms with Crippen LogP contribution in [0.3, 0.4) is 0 Å². The number of aliphatic hydroxyl groups excluding tert-OH is 1. The van der Waals surface area contributed by atoms with Crippen molar-refractivity contribution in [2.45, 2.75) is 116 Å². The van der Waals surface area contributed by atoms with Crippen molar-refractivity contribution in [2.24, 2.45) is 0 Å². The van der Waals surface area contributed by atoms with E-state index in [0.29, 0.717) is 12.0 Å². The molecule has 2 aromatic carbocycles. The zero-order valence-electron chi connectivity index (χ0n) is 28.5. The molecule has 0 radical (unpaired) electrons. The van der Waals surface area contributed by atoms with Crippen LogP contribution in [0.2, 0.25) is 0 Å². The molecule has 254 valence electrons. The van der Waals surface area contributed by atoms with Crippen LogP contribution < -0.4 is 10.6 Å². The van der Waals surface area contributed by atoms with Crippen LogP contribution in [0.4, 0.5) is 4.79 Å². The normalized spacial score (nSPS) is 13.6. The van der Waals surface area contributed by atoms with Gasteiger partial charge in [0.05, 0.1) is 6.61 Å². The monoisotopic (exact) mass is 639 g/mol. The van der Waals surface area contributed by atoms with Crippen LogP contribution >= 0.6 is 0 Å². The van der Waals surface area contributed by atoms with Crippen molar-refractivity contribution in [1.82, 2.24) is 15.5 Å². The second-order valence-corrected chi connectivity index (χ2v) is 13.4. The van der Waals surface area contributed by atoms with Crippen molar-refractivity contribution in [3.63, 3.8) is 0 Å². The smallest absolute Gasteiger partial charge is 0.408 e. The zero-order valence-corrected chi connectivity index (χ0v) is 28.5. The van der Waals surface area contributed by atoms with Gasteiger partial charge in [-0.3, -0.25) is 9.59 Å². The van der Waals surface area contributed by atoms with Gasteiger partial charge in [0.25, 0.3) is 0 Å². The molecule has 10 nitrogen and oxygen atoms in total. The van der Waals surface area contributed by atoms with Crippen molar-refractivity contribution in [2.75, 3.05) is 13.2 Å². The van der Waals surface area contributed by atoms with E-state index in [-0.39, 0.29) is 13.0 Å². The number of nitrogens with zero attached hydrogens (tertiary/aromatic N) is 1. The molecule has 0 aliphatic rings. The molecule has 3 N–H and O–H groups in total. The third kappa shape index (κ3) is 13.6. The standard InChI is InChI=1S/C36H53N3O7/c1-8-9-10-11-18-23-39(32(42)29(25-40)38-34(44)46-36(5,6)7)30(27-21-16-13-17-22-27)31(41)37-28(33(43)45-35(2,3)4)24-26-19-14-12-15-20-26/h12-17,19-22,28-30,40H,8-11,18,23-25H2,1-7H3,(H,37,41)(H,38,44). The highest BCUT2D eigenvalue weighted by molar-refractivity contribution is 5.94. The first kappa shape index (κ1) is 38.3. The van der Waals surface area contributed by atoms with Crippen LogP contribution in [-0.4, -0.2) is 70.3 Å². The van der Waals surface area contributed by atoms with Crippen molar-refractivity contribution >= 4 is 23.9 Å². The summed E-state index contributed by atoms with van der Waals surface area (Å²) < 4.78 is 11.0. The predicted molar refractivity (Wildman–Crippen MR) is 178 cm³/mol. The molecule has 10 heteroatoms. The molecule has 3 atom stereocenters. The Hall–Kier alpha value is -3.92. The number of carbonyl (C=O) groups is 4. The third-order valence-electron chi connectivity index (χ3n) is 6.92. The molecule has 0 aliphatic heterocycles. The van der Waals surface area contributed by atoms with Crippen LogP contribution in [-0.2, 0) is 30.3 Å². The minimum Gasteiger partial charge on any atom is -0.458 e. The van der Waals surface area contributed by atoms with Crippen LogP contribution in [0, 0.1) is 0 Å². The summed E-state index contributed by atoms with van der Waals surface area (Å²) in [6.45, 7) is 11.9. The number of rotatable bonds is 16. The highest BCUT2D eigenvalue weighted by Crippen LogP contribution is 2.25. The quantitative estimate of drug-likeness (QED) is 0.164. The molecule has 3 unspecified atom stereocenters. The fourth-order valence-corrected chi connectivity index (χ4v) is 4.86. The van der Waals surface area contributed by atoms with Gasteiger partial charge in [0.1, 0.15) is 29.3 Å². The molecule has 2 aromatic rings. The maximum atomic E-state index is 14.3. The van der Waals surface area contributed by atoms with E-state index in [1.807, 2.05) is 30.3 Å². The molecule has 0 aliphatic carbocycles. The van der Waals surface area contributed by atoms with Crippen molar-refractivity contribution in [3.05, 3.63) is 71.8 Å². The third-order valence-corrected chi connectivity index (χ3v) is 6.92. The summed E-state index contributed by atoms with van der Waals surface area (Å²) in [6.07, 6.45) is 3.75. The van der Waals surface area contributed by atoms with Gasteiger partial charge in [-0.1, -0.05) is 93.3 Å². The molecule has 0 saturated carbocycles. The van der Waals surface area contributed by atoms with Crippen molar-refractivity contribution in [1.29, 1.82) is 0 Å². The second kappa shape index (κ2) is 18.3. The Bertz CT molecular complexity index is 1240. The van der Waals surface area contributed by atoms with Crippen LogP contribution in [0.25, 0.3) is 0 Å². The van der Waals surface area contributed by atoms with Gasteiger partial charge >= 0.3 is 12.1 Å². The van der Waals surface area contributed by atoms with E-state index in [0.717, 1.165) is 31.2 Å². The van der Waals surface area contributed by atoms with Gasteiger partial charge in [-0.15, -0.1) is 0 Å². The lowest BCUT2D eigenvalue weighted by Gasteiger charge is -2.35. The number of amides is 3. The average molecular weight is 640 g/mol. The molecule has 0 bridgehead atoms. The predicted octanol–water partition coefficient (Wildman–Crippen LogP) is 5.48. The molecule has 0 saturated heterocycles. The number of benzene rings is 2.